The highest BCUT2D eigenvalue weighted by Gasteiger charge is 2.26. The molecule has 0 spiro atoms. The van der Waals surface area contributed by atoms with Crippen molar-refractivity contribution < 1.29 is 13.2 Å². The zero-order chi connectivity index (χ0) is 16.3. The van der Waals surface area contributed by atoms with Gasteiger partial charge in [-0.15, -0.1) is 0 Å². The van der Waals surface area contributed by atoms with Crippen molar-refractivity contribution in [1.82, 2.24) is 10.0 Å². The van der Waals surface area contributed by atoms with Crippen LogP contribution in [0, 0.1) is 5.41 Å². The van der Waals surface area contributed by atoms with Gasteiger partial charge in [0.25, 0.3) is 0 Å². The number of methoxy groups -OCH3 is 1. The number of rotatable bonds is 6. The molecule has 0 amide bonds. The van der Waals surface area contributed by atoms with Crippen molar-refractivity contribution >= 4 is 10.0 Å². The second-order valence-corrected chi connectivity index (χ2v) is 7.93. The van der Waals surface area contributed by atoms with E-state index in [0.29, 0.717) is 12.3 Å². The van der Waals surface area contributed by atoms with Crippen molar-refractivity contribution in [1.29, 1.82) is 0 Å². The minimum absolute atomic E-state index is 0.145. The lowest BCUT2D eigenvalue weighted by molar-refractivity contribution is 0.317. The van der Waals surface area contributed by atoms with E-state index in [1.54, 1.807) is 32.4 Å². The van der Waals surface area contributed by atoms with Gasteiger partial charge in [-0.2, -0.15) is 0 Å². The van der Waals surface area contributed by atoms with Crippen molar-refractivity contribution in [3.8, 4) is 5.75 Å². The number of sulfonamides is 1. The molecule has 0 aliphatic rings. The Balaban J connectivity index is 3.11. The average Bonchev–Trinajstić information content (AvgIpc) is 2.37. The van der Waals surface area contributed by atoms with E-state index < -0.39 is 10.0 Å². The minimum atomic E-state index is -3.54. The van der Waals surface area contributed by atoms with Gasteiger partial charge in [0.05, 0.1) is 12.0 Å². The van der Waals surface area contributed by atoms with Crippen LogP contribution in [0.1, 0.15) is 33.3 Å². The van der Waals surface area contributed by atoms with E-state index >= 15 is 0 Å². The predicted molar refractivity (Wildman–Crippen MR) is 85.0 cm³/mol. The van der Waals surface area contributed by atoms with E-state index in [1.165, 1.54) is 0 Å². The average molecular weight is 314 g/mol. The summed E-state index contributed by atoms with van der Waals surface area (Å²) in [6.45, 7) is 8.42. The van der Waals surface area contributed by atoms with E-state index in [1.807, 2.05) is 27.7 Å². The van der Waals surface area contributed by atoms with Gasteiger partial charge < -0.3 is 10.1 Å². The molecule has 0 bridgehead atoms. The van der Waals surface area contributed by atoms with E-state index in [-0.39, 0.29) is 16.4 Å². The largest absolute Gasteiger partial charge is 0.496 e. The van der Waals surface area contributed by atoms with Crippen LogP contribution in [-0.2, 0) is 16.6 Å². The second kappa shape index (κ2) is 6.77. The maximum atomic E-state index is 12.5. The standard InChI is InChI=1S/C15H26N2O3S/c1-11(15(2,3)4)17-21(18,19)13-7-8-14(20-6)12(9-13)10-16-5/h7-9,11,16-17H,10H2,1-6H3. The molecule has 1 atom stereocenters. The smallest absolute Gasteiger partial charge is 0.240 e. The molecule has 5 nitrogen and oxygen atoms in total. The lowest BCUT2D eigenvalue weighted by atomic mass is 9.89. The Kier molecular flexibility index (Phi) is 5.78. The summed E-state index contributed by atoms with van der Waals surface area (Å²) in [5, 5.41) is 3.01. The third-order valence-electron chi connectivity index (χ3n) is 3.56. The molecule has 6 heteroatoms. The molecule has 0 heterocycles. The van der Waals surface area contributed by atoms with Crippen molar-refractivity contribution in [2.45, 2.75) is 45.2 Å². The molecule has 0 fully saturated rings. The summed E-state index contributed by atoms with van der Waals surface area (Å²) in [4.78, 5) is 0.254. The third-order valence-corrected chi connectivity index (χ3v) is 5.10. The maximum Gasteiger partial charge on any atom is 0.240 e. The van der Waals surface area contributed by atoms with Gasteiger partial charge in [0.15, 0.2) is 0 Å². The van der Waals surface area contributed by atoms with Gasteiger partial charge >= 0.3 is 0 Å². The number of ether oxygens (including phenoxy) is 1. The molecule has 21 heavy (non-hydrogen) atoms. The molecule has 0 aromatic heterocycles. The Bertz CT molecular complexity index is 577. The second-order valence-electron chi connectivity index (χ2n) is 6.21. The van der Waals surface area contributed by atoms with Crippen LogP contribution in [0.3, 0.4) is 0 Å². The molecule has 2 N–H and O–H groups in total. The normalized spacial score (nSPS) is 14.0. The van der Waals surface area contributed by atoms with Crippen molar-refractivity contribution in [3.05, 3.63) is 23.8 Å². The molecule has 1 aromatic rings. The van der Waals surface area contributed by atoms with Gasteiger partial charge in [-0.3, -0.25) is 0 Å². The van der Waals surface area contributed by atoms with Crippen LogP contribution < -0.4 is 14.8 Å². The summed E-state index contributed by atoms with van der Waals surface area (Å²) >= 11 is 0. The summed E-state index contributed by atoms with van der Waals surface area (Å²) < 4.78 is 32.9. The topological polar surface area (TPSA) is 67.4 Å². The summed E-state index contributed by atoms with van der Waals surface area (Å²) in [5.74, 6) is 0.673. The number of hydrogen-bond acceptors (Lipinski definition) is 4. The lowest BCUT2D eigenvalue weighted by Crippen LogP contribution is -2.41. The van der Waals surface area contributed by atoms with Gasteiger partial charge in [0.2, 0.25) is 10.0 Å². The van der Waals surface area contributed by atoms with Crippen LogP contribution in [-0.4, -0.2) is 28.6 Å². The first-order chi connectivity index (χ1) is 9.61. The Morgan fingerprint density at radius 2 is 1.90 bits per heavy atom. The molecule has 0 radical (unpaired) electrons. The Hall–Kier alpha value is -1.11. The van der Waals surface area contributed by atoms with E-state index in [2.05, 4.69) is 10.0 Å². The van der Waals surface area contributed by atoms with Gasteiger partial charge in [-0.25, -0.2) is 13.1 Å². The maximum absolute atomic E-state index is 12.5. The molecular formula is C15H26N2O3S. The first-order valence-electron chi connectivity index (χ1n) is 6.95. The van der Waals surface area contributed by atoms with Crippen LogP contribution in [0.25, 0.3) is 0 Å². The van der Waals surface area contributed by atoms with E-state index in [4.69, 9.17) is 4.74 Å². The molecule has 1 rings (SSSR count). The van der Waals surface area contributed by atoms with E-state index in [9.17, 15) is 8.42 Å². The summed E-state index contributed by atoms with van der Waals surface area (Å²) in [7, 11) is -0.164. The molecule has 1 aromatic carbocycles. The van der Waals surface area contributed by atoms with Crippen molar-refractivity contribution in [3.63, 3.8) is 0 Å². The SMILES string of the molecule is CNCc1cc(S(=O)(=O)NC(C)C(C)(C)C)ccc1OC. The Morgan fingerprint density at radius 1 is 1.29 bits per heavy atom. The van der Waals surface area contributed by atoms with Crippen molar-refractivity contribution in [2.75, 3.05) is 14.2 Å². The third kappa shape index (κ3) is 4.69. The minimum Gasteiger partial charge on any atom is -0.496 e. The first-order valence-corrected chi connectivity index (χ1v) is 8.44. The predicted octanol–water partition coefficient (Wildman–Crippen LogP) is 2.13. The highest BCUT2D eigenvalue weighted by Crippen LogP contribution is 2.24. The number of hydrogen-bond donors (Lipinski definition) is 2. The van der Waals surface area contributed by atoms with Crippen LogP contribution in [0.15, 0.2) is 23.1 Å². The fraction of sp³-hybridized carbons (Fsp3) is 0.600. The molecule has 0 aliphatic carbocycles. The van der Waals surface area contributed by atoms with Crippen molar-refractivity contribution in [2.24, 2.45) is 5.41 Å². The van der Waals surface area contributed by atoms with Gasteiger partial charge in [-0.1, -0.05) is 20.8 Å². The molecule has 0 saturated carbocycles. The van der Waals surface area contributed by atoms with Crippen LogP contribution >= 0.6 is 0 Å². The Morgan fingerprint density at radius 3 is 2.38 bits per heavy atom. The van der Waals surface area contributed by atoms with Gasteiger partial charge in [0, 0.05) is 18.2 Å². The molecular weight excluding hydrogens is 288 g/mol. The Labute approximate surface area is 128 Å². The highest BCUT2D eigenvalue weighted by molar-refractivity contribution is 7.89. The van der Waals surface area contributed by atoms with Gasteiger partial charge in [0.1, 0.15) is 5.75 Å². The fourth-order valence-electron chi connectivity index (χ4n) is 1.73. The van der Waals surface area contributed by atoms with Crippen LogP contribution in [0.2, 0.25) is 0 Å². The summed E-state index contributed by atoms with van der Waals surface area (Å²) in [6.07, 6.45) is 0. The number of nitrogens with one attached hydrogen (secondary N) is 2. The highest BCUT2D eigenvalue weighted by atomic mass is 32.2. The quantitative estimate of drug-likeness (QED) is 0.844. The monoisotopic (exact) mass is 314 g/mol. The molecule has 1 unspecified atom stereocenters. The molecule has 120 valence electrons. The zero-order valence-electron chi connectivity index (χ0n) is 13.6. The fourth-order valence-corrected chi connectivity index (χ4v) is 3.23. The molecule has 0 aliphatic heterocycles. The molecule has 0 saturated heterocycles. The van der Waals surface area contributed by atoms with E-state index in [0.717, 1.165) is 5.56 Å². The van der Waals surface area contributed by atoms with Crippen LogP contribution in [0.5, 0.6) is 5.75 Å². The summed E-state index contributed by atoms with van der Waals surface area (Å²) in [5.41, 5.74) is 0.666. The zero-order valence-corrected chi connectivity index (χ0v) is 14.5. The lowest BCUT2D eigenvalue weighted by Gasteiger charge is -2.27. The first kappa shape index (κ1) is 17.9. The summed E-state index contributed by atoms with van der Waals surface area (Å²) in [6, 6.07) is 4.73. The van der Waals surface area contributed by atoms with Gasteiger partial charge in [-0.05, 0) is 37.6 Å². The number of benzene rings is 1. The van der Waals surface area contributed by atoms with Crippen LogP contribution in [0.4, 0.5) is 0 Å².